The van der Waals surface area contributed by atoms with Gasteiger partial charge in [0.15, 0.2) is 0 Å². The first kappa shape index (κ1) is 11.6. The maximum atomic E-state index is 11.2. The van der Waals surface area contributed by atoms with Crippen molar-refractivity contribution in [3.05, 3.63) is 0 Å². The molecule has 2 atom stereocenters. The van der Waals surface area contributed by atoms with E-state index in [9.17, 15) is 4.79 Å². The lowest BCUT2D eigenvalue weighted by Gasteiger charge is -2.14. The molecule has 4 heteroatoms. The Hall–Kier alpha value is -0.450. The molecule has 2 N–H and O–H groups in total. The number of ether oxygens (including phenoxy) is 1. The minimum Gasteiger partial charge on any atom is -0.380 e. The summed E-state index contributed by atoms with van der Waals surface area (Å²) in [5, 5.41) is 0. The van der Waals surface area contributed by atoms with E-state index >= 15 is 0 Å². The van der Waals surface area contributed by atoms with Gasteiger partial charge in [0.25, 0.3) is 0 Å². The number of rotatable bonds is 5. The molecule has 14 heavy (non-hydrogen) atoms. The average molecular weight is 200 g/mol. The molecule has 0 aromatic carbocycles. The molecule has 1 rings (SSSR count). The van der Waals surface area contributed by atoms with Crippen molar-refractivity contribution in [2.45, 2.75) is 19.4 Å². The zero-order chi connectivity index (χ0) is 10.6. The summed E-state index contributed by atoms with van der Waals surface area (Å²) in [6.07, 6.45) is 0.927. The first-order valence-corrected chi connectivity index (χ1v) is 5.13. The lowest BCUT2D eigenvalue weighted by molar-refractivity contribution is -0.120. The number of Topliss-reactive ketones (excluding diaryl/α,β-unsaturated/α-hetero) is 1. The molecule has 0 spiro atoms. The zero-order valence-corrected chi connectivity index (χ0v) is 9.03. The van der Waals surface area contributed by atoms with Gasteiger partial charge in [0, 0.05) is 13.1 Å². The van der Waals surface area contributed by atoms with Crippen LogP contribution in [0, 0.1) is 5.92 Å². The summed E-state index contributed by atoms with van der Waals surface area (Å²) in [5.74, 6) is 0.745. The van der Waals surface area contributed by atoms with E-state index in [4.69, 9.17) is 10.5 Å². The third-order valence-corrected chi connectivity index (χ3v) is 2.72. The minimum absolute atomic E-state index is 0.0986. The largest absolute Gasteiger partial charge is 0.380 e. The van der Waals surface area contributed by atoms with Crippen LogP contribution in [0.15, 0.2) is 0 Å². The highest BCUT2D eigenvalue weighted by Gasteiger charge is 2.32. The van der Waals surface area contributed by atoms with E-state index in [1.807, 2.05) is 7.05 Å². The molecular formula is C10H20N2O2. The number of nitrogens with zero attached hydrogens (tertiary/aromatic N) is 1. The van der Waals surface area contributed by atoms with Crippen LogP contribution in [-0.2, 0) is 9.53 Å². The summed E-state index contributed by atoms with van der Waals surface area (Å²) in [7, 11) is 2.00. The molecule has 82 valence electrons. The summed E-state index contributed by atoms with van der Waals surface area (Å²) in [6, 6.07) is 0.0986. The topological polar surface area (TPSA) is 55.6 Å². The smallest absolute Gasteiger partial charge is 0.146 e. The molecule has 0 unspecified atom stereocenters. The van der Waals surface area contributed by atoms with Crippen molar-refractivity contribution in [1.82, 2.24) is 4.90 Å². The Morgan fingerprint density at radius 2 is 2.36 bits per heavy atom. The fourth-order valence-corrected chi connectivity index (χ4v) is 2.04. The first-order valence-electron chi connectivity index (χ1n) is 5.13. The molecule has 1 fully saturated rings. The number of likely N-dealkylation sites (tertiary alicyclic amines) is 1. The first-order chi connectivity index (χ1) is 6.65. The van der Waals surface area contributed by atoms with Crippen molar-refractivity contribution in [3.63, 3.8) is 0 Å². The lowest BCUT2D eigenvalue weighted by atomic mass is 10.0. The van der Waals surface area contributed by atoms with Crippen LogP contribution in [0.3, 0.4) is 0 Å². The van der Waals surface area contributed by atoms with Gasteiger partial charge in [-0.3, -0.25) is 9.69 Å². The Morgan fingerprint density at radius 1 is 1.64 bits per heavy atom. The third-order valence-electron chi connectivity index (χ3n) is 2.72. The number of hydrogen-bond donors (Lipinski definition) is 1. The Balaban J connectivity index is 2.28. The van der Waals surface area contributed by atoms with E-state index in [-0.39, 0.29) is 11.8 Å². The summed E-state index contributed by atoms with van der Waals surface area (Å²) in [5.41, 5.74) is 5.33. The van der Waals surface area contributed by atoms with E-state index in [2.05, 4.69) is 4.90 Å². The van der Waals surface area contributed by atoms with Crippen molar-refractivity contribution in [2.24, 2.45) is 11.7 Å². The van der Waals surface area contributed by atoms with Gasteiger partial charge in [0.05, 0.1) is 19.3 Å². The summed E-state index contributed by atoms with van der Waals surface area (Å²) >= 11 is 0. The monoisotopic (exact) mass is 200 g/mol. The second kappa shape index (κ2) is 5.44. The van der Waals surface area contributed by atoms with Gasteiger partial charge in [-0.25, -0.2) is 0 Å². The lowest BCUT2D eigenvalue weighted by Crippen LogP contribution is -2.30. The van der Waals surface area contributed by atoms with Gasteiger partial charge in [-0.2, -0.15) is 0 Å². The van der Waals surface area contributed by atoms with Gasteiger partial charge >= 0.3 is 0 Å². The highest BCUT2D eigenvalue weighted by molar-refractivity contribution is 5.81. The van der Waals surface area contributed by atoms with Crippen LogP contribution < -0.4 is 5.73 Å². The van der Waals surface area contributed by atoms with Crippen LogP contribution in [0.4, 0.5) is 0 Å². The second-order valence-electron chi connectivity index (χ2n) is 4.03. The number of carbonyl (C=O) groups is 1. The molecule has 0 aliphatic carbocycles. The second-order valence-corrected chi connectivity index (χ2v) is 4.03. The molecule has 1 heterocycles. The summed E-state index contributed by atoms with van der Waals surface area (Å²) < 4.78 is 5.38. The number of ketones is 1. The van der Waals surface area contributed by atoms with E-state index < -0.39 is 0 Å². The summed E-state index contributed by atoms with van der Waals surface area (Å²) in [6.45, 7) is 4.52. The van der Waals surface area contributed by atoms with Crippen molar-refractivity contribution >= 4 is 5.78 Å². The fraction of sp³-hybridized carbons (Fsp3) is 0.900. The van der Waals surface area contributed by atoms with Crippen LogP contribution in [0.2, 0.25) is 0 Å². The highest BCUT2D eigenvalue weighted by atomic mass is 16.5. The van der Waals surface area contributed by atoms with E-state index in [1.54, 1.807) is 6.92 Å². The van der Waals surface area contributed by atoms with E-state index in [0.29, 0.717) is 19.1 Å². The van der Waals surface area contributed by atoms with Crippen LogP contribution in [0.1, 0.15) is 13.3 Å². The maximum Gasteiger partial charge on any atom is 0.146 e. The van der Waals surface area contributed by atoms with Gasteiger partial charge in [-0.1, -0.05) is 0 Å². The molecule has 0 aromatic heterocycles. The SMILES string of the molecule is CC(=O)[C@@H]1C[C@@H](COCCN)CN1C. The molecule has 0 aromatic rings. The van der Waals surface area contributed by atoms with Crippen molar-refractivity contribution in [1.29, 1.82) is 0 Å². The Kier molecular flexibility index (Phi) is 4.51. The standard InChI is InChI=1S/C10H20N2O2/c1-8(13)10-5-9(6-12(10)2)7-14-4-3-11/h9-10H,3-7,11H2,1-2H3/t9-,10+/m1/s1. The molecule has 0 amide bonds. The number of hydrogen-bond acceptors (Lipinski definition) is 4. The number of nitrogens with two attached hydrogens (primary N) is 1. The molecule has 1 aliphatic heterocycles. The predicted octanol–water partition coefficient (Wildman–Crippen LogP) is -0.129. The van der Waals surface area contributed by atoms with Crippen LogP contribution >= 0.6 is 0 Å². The molecule has 4 nitrogen and oxygen atoms in total. The molecule has 1 aliphatic rings. The maximum absolute atomic E-state index is 11.2. The number of likely N-dealkylation sites (N-methyl/N-ethyl adjacent to an activating group) is 1. The zero-order valence-electron chi connectivity index (χ0n) is 9.03. The molecule has 0 saturated carbocycles. The quantitative estimate of drug-likeness (QED) is 0.628. The molecular weight excluding hydrogens is 180 g/mol. The van der Waals surface area contributed by atoms with E-state index in [1.165, 1.54) is 0 Å². The highest BCUT2D eigenvalue weighted by Crippen LogP contribution is 2.22. The van der Waals surface area contributed by atoms with Gasteiger partial charge in [-0.05, 0) is 26.3 Å². The predicted molar refractivity (Wildman–Crippen MR) is 55.1 cm³/mol. The average Bonchev–Trinajstić information content (AvgIpc) is 2.47. The molecule has 0 bridgehead atoms. The minimum atomic E-state index is 0.0986. The van der Waals surface area contributed by atoms with Crippen LogP contribution in [0.5, 0.6) is 0 Å². The Labute approximate surface area is 85.4 Å². The van der Waals surface area contributed by atoms with Crippen LogP contribution in [-0.4, -0.2) is 50.1 Å². The van der Waals surface area contributed by atoms with Crippen molar-refractivity contribution < 1.29 is 9.53 Å². The van der Waals surface area contributed by atoms with Crippen LogP contribution in [0.25, 0.3) is 0 Å². The normalized spacial score (nSPS) is 28.2. The van der Waals surface area contributed by atoms with Gasteiger partial charge in [0.1, 0.15) is 5.78 Å². The van der Waals surface area contributed by atoms with E-state index in [0.717, 1.165) is 19.6 Å². The Morgan fingerprint density at radius 3 is 2.86 bits per heavy atom. The number of carbonyl (C=O) groups excluding carboxylic acids is 1. The molecule has 0 radical (unpaired) electrons. The van der Waals surface area contributed by atoms with Gasteiger partial charge < -0.3 is 10.5 Å². The molecule has 1 saturated heterocycles. The Bertz CT molecular complexity index is 197. The summed E-state index contributed by atoms with van der Waals surface area (Å²) in [4.78, 5) is 13.3. The van der Waals surface area contributed by atoms with Crippen molar-refractivity contribution in [2.75, 3.05) is 33.4 Å². The van der Waals surface area contributed by atoms with Gasteiger partial charge in [-0.15, -0.1) is 0 Å². The van der Waals surface area contributed by atoms with Gasteiger partial charge in [0.2, 0.25) is 0 Å². The van der Waals surface area contributed by atoms with Crippen molar-refractivity contribution in [3.8, 4) is 0 Å². The fourth-order valence-electron chi connectivity index (χ4n) is 2.04. The third kappa shape index (κ3) is 3.04.